The fraction of sp³-hybridized carbons (Fsp3) is 0.579. The molecule has 1 aliphatic carbocycles. The van der Waals surface area contributed by atoms with Crippen molar-refractivity contribution < 1.29 is 31.5 Å². The van der Waals surface area contributed by atoms with Gasteiger partial charge in [0.1, 0.15) is 5.54 Å². The number of hydrogen-bond donors (Lipinski definition) is 2. The van der Waals surface area contributed by atoms with Gasteiger partial charge in [-0.1, -0.05) is 11.6 Å². The summed E-state index contributed by atoms with van der Waals surface area (Å²) in [5, 5.41) is 4.15. The normalized spacial score (nSPS) is 25.0. The van der Waals surface area contributed by atoms with Crippen molar-refractivity contribution >= 4 is 29.1 Å². The van der Waals surface area contributed by atoms with E-state index < -0.39 is 40.2 Å². The Morgan fingerprint density at radius 2 is 1.74 bits per heavy atom. The lowest BCUT2D eigenvalue weighted by atomic mass is 9.87. The van der Waals surface area contributed by atoms with Crippen LogP contribution in [0.15, 0.2) is 12.1 Å². The van der Waals surface area contributed by atoms with Crippen molar-refractivity contribution in [1.29, 1.82) is 0 Å². The average molecular weight is 467 g/mol. The maximum Gasteiger partial charge on any atom is 0.411 e. The molecule has 12 heteroatoms. The topological polar surface area (TPSA) is 64.7 Å². The highest BCUT2D eigenvalue weighted by Crippen LogP contribution is 2.49. The zero-order valence-corrected chi connectivity index (χ0v) is 17.0. The predicted octanol–water partition coefficient (Wildman–Crippen LogP) is 2.53. The molecular formula is C19H20ClF5N4O2. The van der Waals surface area contributed by atoms with Crippen LogP contribution in [0.25, 0.3) is 0 Å². The standard InChI is InChI=1S/C19H20ClF5N4O2/c20-13-3-10(4-14(21)17(13)22)26-15(30)8-28-6-11-5-12(7-28)29(11)9-16(31)27-18(1-2-18)19(23,24)25/h3-4,11-12H,1-2,5-9H2,(H,26,30)(H,27,31). The highest BCUT2D eigenvalue weighted by Gasteiger charge is 2.64. The number of hydrogen-bond acceptors (Lipinski definition) is 4. The predicted molar refractivity (Wildman–Crippen MR) is 101 cm³/mol. The maximum atomic E-state index is 13.4. The van der Waals surface area contributed by atoms with Gasteiger partial charge in [0.15, 0.2) is 11.6 Å². The molecule has 1 aromatic rings. The Hall–Kier alpha value is -1.98. The summed E-state index contributed by atoms with van der Waals surface area (Å²) < 4.78 is 65.6. The molecule has 5 rings (SSSR count). The zero-order valence-electron chi connectivity index (χ0n) is 16.2. The van der Waals surface area contributed by atoms with Crippen LogP contribution in [0.3, 0.4) is 0 Å². The third-order valence-corrected chi connectivity index (χ3v) is 6.33. The first-order valence-corrected chi connectivity index (χ1v) is 10.2. The van der Waals surface area contributed by atoms with Crippen molar-refractivity contribution in [2.24, 2.45) is 0 Å². The Morgan fingerprint density at radius 3 is 2.29 bits per heavy atom. The molecule has 2 atom stereocenters. The van der Waals surface area contributed by atoms with Gasteiger partial charge in [-0.05, 0) is 25.3 Å². The maximum absolute atomic E-state index is 13.4. The van der Waals surface area contributed by atoms with Crippen LogP contribution in [0, 0.1) is 11.6 Å². The summed E-state index contributed by atoms with van der Waals surface area (Å²) in [6.45, 7) is 0.835. The minimum Gasteiger partial charge on any atom is -0.341 e. The SMILES string of the molecule is O=C(CN1CC2CC(C1)N2CC(=O)NC1(C(F)(F)F)CC1)Nc1cc(F)c(F)c(Cl)c1. The molecule has 3 saturated heterocycles. The molecule has 0 spiro atoms. The fourth-order valence-corrected chi connectivity index (χ4v) is 4.48. The van der Waals surface area contributed by atoms with Crippen LogP contribution >= 0.6 is 11.6 Å². The highest BCUT2D eigenvalue weighted by atomic mass is 35.5. The minimum atomic E-state index is -4.45. The lowest BCUT2D eigenvalue weighted by molar-refractivity contribution is -0.172. The first kappa shape index (κ1) is 22.2. The summed E-state index contributed by atoms with van der Waals surface area (Å²) in [5.41, 5.74) is -2.04. The number of rotatable bonds is 6. The number of carbonyl (C=O) groups is 2. The molecule has 6 nitrogen and oxygen atoms in total. The second-order valence-electron chi connectivity index (χ2n) is 8.34. The second-order valence-corrected chi connectivity index (χ2v) is 8.75. The van der Waals surface area contributed by atoms with Crippen molar-refractivity contribution in [3.8, 4) is 0 Å². The monoisotopic (exact) mass is 466 g/mol. The number of piperidine rings is 1. The van der Waals surface area contributed by atoms with Crippen LogP contribution in [-0.4, -0.2) is 71.6 Å². The van der Waals surface area contributed by atoms with Gasteiger partial charge in [0.2, 0.25) is 11.8 Å². The first-order chi connectivity index (χ1) is 14.5. The van der Waals surface area contributed by atoms with Gasteiger partial charge in [0.05, 0.1) is 18.1 Å². The Labute approximate surface area is 179 Å². The summed E-state index contributed by atoms with van der Waals surface area (Å²) >= 11 is 5.57. The van der Waals surface area contributed by atoms with Crippen molar-refractivity contribution in [3.05, 3.63) is 28.8 Å². The van der Waals surface area contributed by atoms with Crippen molar-refractivity contribution in [2.75, 3.05) is 31.5 Å². The van der Waals surface area contributed by atoms with Gasteiger partial charge in [-0.3, -0.25) is 19.4 Å². The lowest BCUT2D eigenvalue weighted by Crippen LogP contribution is -2.70. The van der Waals surface area contributed by atoms with E-state index in [0.717, 1.165) is 18.6 Å². The van der Waals surface area contributed by atoms with E-state index in [4.69, 9.17) is 11.6 Å². The quantitative estimate of drug-likeness (QED) is 0.499. The number of alkyl halides is 3. The number of carbonyl (C=O) groups excluding carboxylic acids is 2. The number of halogens is 6. The van der Waals surface area contributed by atoms with Gasteiger partial charge in [0.25, 0.3) is 0 Å². The Morgan fingerprint density at radius 1 is 1.10 bits per heavy atom. The van der Waals surface area contributed by atoms with E-state index in [1.54, 1.807) is 0 Å². The number of benzene rings is 1. The second kappa shape index (κ2) is 7.86. The van der Waals surface area contributed by atoms with Crippen LogP contribution in [0.2, 0.25) is 5.02 Å². The minimum absolute atomic E-state index is 0.000829. The average Bonchev–Trinajstić information content (AvgIpc) is 3.45. The van der Waals surface area contributed by atoms with Crippen LogP contribution in [-0.2, 0) is 9.59 Å². The summed E-state index contributed by atoms with van der Waals surface area (Å²) in [4.78, 5) is 28.1. The van der Waals surface area contributed by atoms with E-state index >= 15 is 0 Å². The van der Waals surface area contributed by atoms with E-state index in [1.165, 1.54) is 0 Å². The molecular weight excluding hydrogens is 447 g/mol. The number of amides is 2. The first-order valence-electron chi connectivity index (χ1n) is 9.78. The molecule has 4 aliphatic rings. The number of piperazine rings is 1. The van der Waals surface area contributed by atoms with E-state index in [1.807, 2.05) is 9.80 Å². The van der Waals surface area contributed by atoms with E-state index in [9.17, 15) is 31.5 Å². The number of nitrogens with zero attached hydrogens (tertiary/aromatic N) is 2. The van der Waals surface area contributed by atoms with Crippen molar-refractivity contribution in [3.63, 3.8) is 0 Å². The summed E-state index contributed by atoms with van der Waals surface area (Å²) in [5.74, 6) is -3.45. The van der Waals surface area contributed by atoms with Gasteiger partial charge >= 0.3 is 6.18 Å². The molecule has 2 bridgehead atoms. The third-order valence-electron chi connectivity index (χ3n) is 6.05. The van der Waals surface area contributed by atoms with Gasteiger partial charge < -0.3 is 10.6 Å². The molecule has 0 radical (unpaired) electrons. The highest BCUT2D eigenvalue weighted by molar-refractivity contribution is 6.31. The number of nitrogens with one attached hydrogen (secondary N) is 2. The zero-order chi connectivity index (χ0) is 22.6. The van der Waals surface area contributed by atoms with E-state index in [-0.39, 0.29) is 43.7 Å². The van der Waals surface area contributed by atoms with Crippen LogP contribution < -0.4 is 10.6 Å². The van der Waals surface area contributed by atoms with E-state index in [2.05, 4.69) is 10.6 Å². The van der Waals surface area contributed by atoms with Crippen LogP contribution in [0.4, 0.5) is 27.6 Å². The van der Waals surface area contributed by atoms with Crippen molar-refractivity contribution in [1.82, 2.24) is 15.1 Å². The van der Waals surface area contributed by atoms with Crippen LogP contribution in [0.1, 0.15) is 19.3 Å². The van der Waals surface area contributed by atoms with Crippen LogP contribution in [0.5, 0.6) is 0 Å². The number of anilines is 1. The van der Waals surface area contributed by atoms with Gasteiger partial charge in [-0.2, -0.15) is 13.2 Å². The molecule has 0 aromatic heterocycles. The molecule has 3 aliphatic heterocycles. The van der Waals surface area contributed by atoms with Gasteiger partial charge in [-0.25, -0.2) is 8.78 Å². The Bertz CT molecular complexity index is 873. The molecule has 170 valence electrons. The molecule has 4 fully saturated rings. The third kappa shape index (κ3) is 4.49. The Kier molecular flexibility index (Phi) is 5.63. The molecule has 1 saturated carbocycles. The smallest absolute Gasteiger partial charge is 0.341 e. The summed E-state index contributed by atoms with van der Waals surface area (Å²) in [6.07, 6.45) is -3.84. The lowest BCUT2D eigenvalue weighted by Gasteiger charge is -2.56. The van der Waals surface area contributed by atoms with E-state index in [0.29, 0.717) is 13.1 Å². The van der Waals surface area contributed by atoms with Gasteiger partial charge in [0, 0.05) is 36.9 Å². The fourth-order valence-electron chi connectivity index (χ4n) is 4.27. The summed E-state index contributed by atoms with van der Waals surface area (Å²) in [6, 6.07) is 1.88. The summed E-state index contributed by atoms with van der Waals surface area (Å²) in [7, 11) is 0. The van der Waals surface area contributed by atoms with Crippen molar-refractivity contribution in [2.45, 2.75) is 43.1 Å². The molecule has 31 heavy (non-hydrogen) atoms. The molecule has 2 N–H and O–H groups in total. The largest absolute Gasteiger partial charge is 0.411 e. The molecule has 1 aromatic carbocycles. The van der Waals surface area contributed by atoms with Gasteiger partial charge in [-0.15, -0.1) is 0 Å². The molecule has 3 heterocycles. The molecule has 2 amide bonds. The molecule has 2 unspecified atom stereocenters. The Balaban J connectivity index is 1.25. The number of fused-ring (bicyclic) bond motifs is 2.